The summed E-state index contributed by atoms with van der Waals surface area (Å²) in [6, 6.07) is 12.6. The van der Waals surface area contributed by atoms with E-state index >= 15 is 0 Å². The van der Waals surface area contributed by atoms with Gasteiger partial charge in [0.1, 0.15) is 5.75 Å². The first-order valence-electron chi connectivity index (χ1n) is 10.5. The lowest BCUT2D eigenvalue weighted by Crippen LogP contribution is -2.50. The molecule has 1 saturated carbocycles. The summed E-state index contributed by atoms with van der Waals surface area (Å²) in [7, 11) is 0. The number of furan rings is 1. The molecule has 1 unspecified atom stereocenters. The average Bonchev–Trinajstić information content (AvgIpc) is 3.26. The van der Waals surface area contributed by atoms with Crippen molar-refractivity contribution < 1.29 is 18.7 Å². The van der Waals surface area contributed by atoms with Crippen LogP contribution in [-0.4, -0.2) is 47.8 Å². The number of likely N-dealkylation sites (tertiary alicyclic amines) is 2. The van der Waals surface area contributed by atoms with Crippen LogP contribution in [0.15, 0.2) is 46.9 Å². The van der Waals surface area contributed by atoms with E-state index in [1.54, 1.807) is 17.0 Å². The molecule has 2 aliphatic heterocycles. The maximum Gasteiger partial charge on any atom is 0.290 e. The fourth-order valence-corrected chi connectivity index (χ4v) is 4.61. The summed E-state index contributed by atoms with van der Waals surface area (Å²) < 4.78 is 11.3. The normalized spacial score (nSPS) is 24.3. The van der Waals surface area contributed by atoms with Gasteiger partial charge in [0, 0.05) is 32.2 Å². The Morgan fingerprint density at radius 3 is 2.72 bits per heavy atom. The quantitative estimate of drug-likeness (QED) is 0.771. The monoisotopic (exact) mass is 394 g/mol. The zero-order valence-electron chi connectivity index (χ0n) is 16.5. The van der Waals surface area contributed by atoms with Crippen LogP contribution in [0.25, 0.3) is 0 Å². The lowest BCUT2D eigenvalue weighted by Gasteiger charge is -2.39. The number of hydrogen-bond donors (Lipinski definition) is 0. The molecule has 1 aromatic carbocycles. The van der Waals surface area contributed by atoms with Gasteiger partial charge in [-0.1, -0.05) is 18.2 Å². The molecule has 6 nitrogen and oxygen atoms in total. The van der Waals surface area contributed by atoms with Gasteiger partial charge in [-0.3, -0.25) is 9.59 Å². The average molecular weight is 394 g/mol. The van der Waals surface area contributed by atoms with Crippen molar-refractivity contribution in [1.29, 1.82) is 0 Å². The molecular weight excluding hydrogens is 368 g/mol. The Bertz CT molecular complexity index is 905. The molecule has 6 heteroatoms. The van der Waals surface area contributed by atoms with Gasteiger partial charge in [-0.15, -0.1) is 0 Å². The Balaban J connectivity index is 1.25. The molecule has 0 bridgehead atoms. The molecule has 5 rings (SSSR count). The van der Waals surface area contributed by atoms with E-state index in [1.165, 1.54) is 12.8 Å². The van der Waals surface area contributed by atoms with Crippen LogP contribution in [0.1, 0.15) is 42.7 Å². The Kier molecular flexibility index (Phi) is 4.57. The van der Waals surface area contributed by atoms with Crippen molar-refractivity contribution in [3.8, 4) is 11.7 Å². The highest BCUT2D eigenvalue weighted by molar-refractivity contribution is 5.93. The van der Waals surface area contributed by atoms with Crippen LogP contribution >= 0.6 is 0 Å². The molecule has 152 valence electrons. The molecule has 2 amide bonds. The van der Waals surface area contributed by atoms with E-state index in [0.717, 1.165) is 32.4 Å². The second-order valence-corrected chi connectivity index (χ2v) is 8.59. The van der Waals surface area contributed by atoms with E-state index in [2.05, 4.69) is 0 Å². The molecular formula is C23H26N2O4. The van der Waals surface area contributed by atoms with Gasteiger partial charge in [-0.25, -0.2) is 0 Å². The molecule has 0 radical (unpaired) electrons. The van der Waals surface area contributed by atoms with E-state index < -0.39 is 5.41 Å². The fourth-order valence-electron chi connectivity index (χ4n) is 4.61. The topological polar surface area (TPSA) is 63.0 Å². The molecule has 3 heterocycles. The van der Waals surface area contributed by atoms with Crippen LogP contribution < -0.4 is 4.74 Å². The summed E-state index contributed by atoms with van der Waals surface area (Å²) in [6.07, 6.45) is 5.13. The number of amides is 2. The van der Waals surface area contributed by atoms with Crippen molar-refractivity contribution >= 4 is 11.8 Å². The number of benzene rings is 1. The SMILES string of the molecule is O=C(c1ccc(Oc2ccccc2)o1)N1CCC2(CCCN(CC3CC3)C2=O)C1. The van der Waals surface area contributed by atoms with Gasteiger partial charge >= 0.3 is 0 Å². The van der Waals surface area contributed by atoms with Crippen molar-refractivity contribution in [3.63, 3.8) is 0 Å². The first-order valence-corrected chi connectivity index (χ1v) is 10.5. The number of carbonyl (C=O) groups is 2. The van der Waals surface area contributed by atoms with Crippen LogP contribution in [0, 0.1) is 11.3 Å². The Morgan fingerprint density at radius 2 is 1.93 bits per heavy atom. The van der Waals surface area contributed by atoms with Gasteiger partial charge in [0.25, 0.3) is 11.9 Å². The van der Waals surface area contributed by atoms with Crippen molar-refractivity contribution in [1.82, 2.24) is 9.80 Å². The summed E-state index contributed by atoms with van der Waals surface area (Å²) >= 11 is 0. The second kappa shape index (κ2) is 7.25. The molecule has 3 fully saturated rings. The molecule has 0 N–H and O–H groups in total. The van der Waals surface area contributed by atoms with Gasteiger partial charge in [-0.2, -0.15) is 0 Å². The van der Waals surface area contributed by atoms with Crippen LogP contribution in [0.4, 0.5) is 0 Å². The van der Waals surface area contributed by atoms with Gasteiger partial charge in [0.05, 0.1) is 5.41 Å². The minimum atomic E-state index is -0.404. The Labute approximate surface area is 170 Å². The molecule has 2 saturated heterocycles. The third-order valence-corrected chi connectivity index (χ3v) is 6.39. The van der Waals surface area contributed by atoms with Gasteiger partial charge in [-0.05, 0) is 56.2 Å². The van der Waals surface area contributed by atoms with E-state index in [0.29, 0.717) is 24.8 Å². The number of rotatable bonds is 5. The second-order valence-electron chi connectivity index (χ2n) is 8.59. The van der Waals surface area contributed by atoms with E-state index in [9.17, 15) is 9.59 Å². The predicted octanol–water partition coefficient (Wildman–Crippen LogP) is 3.94. The number of carbonyl (C=O) groups excluding carboxylic acids is 2. The third kappa shape index (κ3) is 3.63. The van der Waals surface area contributed by atoms with Crippen LogP contribution in [0.5, 0.6) is 11.7 Å². The summed E-state index contributed by atoms with van der Waals surface area (Å²) in [6.45, 7) is 2.84. The smallest absolute Gasteiger partial charge is 0.290 e. The van der Waals surface area contributed by atoms with Crippen molar-refractivity contribution in [2.24, 2.45) is 11.3 Å². The minimum absolute atomic E-state index is 0.170. The largest absolute Gasteiger partial charge is 0.426 e. The number of nitrogens with zero attached hydrogens (tertiary/aromatic N) is 2. The lowest BCUT2D eigenvalue weighted by atomic mass is 9.78. The van der Waals surface area contributed by atoms with Crippen LogP contribution in [0.3, 0.4) is 0 Å². The zero-order valence-corrected chi connectivity index (χ0v) is 16.5. The van der Waals surface area contributed by atoms with Crippen molar-refractivity contribution in [3.05, 3.63) is 48.2 Å². The van der Waals surface area contributed by atoms with Gasteiger partial charge < -0.3 is 19.0 Å². The number of piperidine rings is 1. The Morgan fingerprint density at radius 1 is 1.10 bits per heavy atom. The minimum Gasteiger partial charge on any atom is -0.426 e. The fraction of sp³-hybridized carbons (Fsp3) is 0.478. The molecule has 2 aromatic rings. The van der Waals surface area contributed by atoms with Crippen LogP contribution in [0.2, 0.25) is 0 Å². The number of hydrogen-bond acceptors (Lipinski definition) is 4. The maximum absolute atomic E-state index is 13.2. The van der Waals surface area contributed by atoms with Crippen molar-refractivity contribution in [2.75, 3.05) is 26.2 Å². The Hall–Kier alpha value is -2.76. The summed E-state index contributed by atoms with van der Waals surface area (Å²) in [5.74, 6) is 1.98. The molecule has 1 atom stereocenters. The highest BCUT2D eigenvalue weighted by Gasteiger charge is 2.50. The van der Waals surface area contributed by atoms with Gasteiger partial charge in [0.15, 0.2) is 5.76 Å². The molecule has 29 heavy (non-hydrogen) atoms. The molecule has 1 aromatic heterocycles. The zero-order chi connectivity index (χ0) is 19.8. The lowest BCUT2D eigenvalue weighted by molar-refractivity contribution is -0.145. The van der Waals surface area contributed by atoms with E-state index in [4.69, 9.17) is 9.15 Å². The summed E-state index contributed by atoms with van der Waals surface area (Å²) in [5.41, 5.74) is -0.404. The highest BCUT2D eigenvalue weighted by Crippen LogP contribution is 2.42. The number of ether oxygens (including phenoxy) is 1. The standard InChI is InChI=1S/C23H26N2O4/c26-21(19-9-10-20(29-19)28-18-5-2-1-3-6-18)25-14-12-23(16-25)11-4-13-24(22(23)27)15-17-7-8-17/h1-3,5-6,9-10,17H,4,7-8,11-16H2. The van der Waals surface area contributed by atoms with E-state index in [1.807, 2.05) is 35.2 Å². The highest BCUT2D eigenvalue weighted by atomic mass is 16.6. The summed E-state index contributed by atoms with van der Waals surface area (Å²) in [4.78, 5) is 30.0. The first kappa shape index (κ1) is 18.3. The molecule has 1 aliphatic carbocycles. The predicted molar refractivity (Wildman–Crippen MR) is 107 cm³/mol. The summed E-state index contributed by atoms with van der Waals surface area (Å²) in [5, 5.41) is 0. The number of para-hydroxylation sites is 1. The van der Waals surface area contributed by atoms with Crippen molar-refractivity contribution in [2.45, 2.75) is 32.1 Å². The van der Waals surface area contributed by atoms with Gasteiger partial charge in [0.2, 0.25) is 5.91 Å². The molecule has 1 spiro atoms. The van der Waals surface area contributed by atoms with E-state index in [-0.39, 0.29) is 23.5 Å². The maximum atomic E-state index is 13.2. The third-order valence-electron chi connectivity index (χ3n) is 6.39. The van der Waals surface area contributed by atoms with Crippen LogP contribution in [-0.2, 0) is 4.79 Å². The first-order chi connectivity index (χ1) is 14.1. The molecule has 3 aliphatic rings.